The second kappa shape index (κ2) is 5.17. The van der Waals surface area contributed by atoms with E-state index in [0.29, 0.717) is 24.6 Å². The van der Waals surface area contributed by atoms with E-state index in [1.165, 1.54) is 0 Å². The number of amides is 1. The molecule has 1 amide bonds. The fourth-order valence-electron chi connectivity index (χ4n) is 6.00. The highest BCUT2D eigenvalue weighted by Gasteiger charge is 2.67. The van der Waals surface area contributed by atoms with Crippen LogP contribution in [0.2, 0.25) is 0 Å². The SMILES string of the molecule is O=C1C=C2N(C(=O)c3cc4c5c(ccc4[nH]3)CCC5=O)C[C@H]3CC23c2ccccc21. The molecule has 5 nitrogen and oxygen atoms in total. The summed E-state index contributed by atoms with van der Waals surface area (Å²) in [6.45, 7) is 0.624. The number of aromatic nitrogens is 1. The predicted octanol–water partition coefficient (Wildman–Crippen LogP) is 3.79. The van der Waals surface area contributed by atoms with Crippen LogP contribution in [0.4, 0.5) is 0 Å². The zero-order valence-corrected chi connectivity index (χ0v) is 16.2. The molecule has 7 rings (SSSR count). The van der Waals surface area contributed by atoms with Gasteiger partial charge < -0.3 is 9.88 Å². The van der Waals surface area contributed by atoms with Gasteiger partial charge in [-0.25, -0.2) is 0 Å². The van der Waals surface area contributed by atoms with Crippen molar-refractivity contribution in [2.45, 2.75) is 24.7 Å². The number of likely N-dealkylation sites (tertiary alicyclic amines) is 1. The molecule has 2 atom stereocenters. The van der Waals surface area contributed by atoms with Gasteiger partial charge in [-0.2, -0.15) is 0 Å². The molecule has 30 heavy (non-hydrogen) atoms. The molecular weight excluding hydrogens is 376 g/mol. The van der Waals surface area contributed by atoms with Gasteiger partial charge in [-0.1, -0.05) is 30.3 Å². The number of carbonyl (C=O) groups excluding carboxylic acids is 3. The van der Waals surface area contributed by atoms with Gasteiger partial charge in [0.05, 0.1) is 0 Å². The van der Waals surface area contributed by atoms with E-state index in [1.54, 1.807) is 11.0 Å². The Labute approximate surface area is 172 Å². The minimum Gasteiger partial charge on any atom is -0.350 e. The number of benzene rings is 2. The lowest BCUT2D eigenvalue weighted by atomic mass is 9.81. The van der Waals surface area contributed by atoms with Gasteiger partial charge in [0.1, 0.15) is 5.69 Å². The topological polar surface area (TPSA) is 70.2 Å². The van der Waals surface area contributed by atoms with Crippen molar-refractivity contribution in [3.05, 3.63) is 82.2 Å². The zero-order valence-electron chi connectivity index (χ0n) is 16.2. The Morgan fingerprint density at radius 2 is 1.97 bits per heavy atom. The van der Waals surface area contributed by atoms with Crippen LogP contribution in [-0.4, -0.2) is 33.9 Å². The number of carbonyl (C=O) groups is 3. The van der Waals surface area contributed by atoms with E-state index in [0.717, 1.165) is 51.7 Å². The van der Waals surface area contributed by atoms with Gasteiger partial charge in [-0.15, -0.1) is 0 Å². The molecule has 2 fully saturated rings. The summed E-state index contributed by atoms with van der Waals surface area (Å²) < 4.78 is 0. The number of hydrogen-bond acceptors (Lipinski definition) is 3. The lowest BCUT2D eigenvalue weighted by Gasteiger charge is -2.29. The molecule has 3 aliphatic carbocycles. The number of hydrogen-bond donors (Lipinski definition) is 1. The summed E-state index contributed by atoms with van der Waals surface area (Å²) in [6, 6.07) is 13.5. The molecule has 2 aromatic carbocycles. The van der Waals surface area contributed by atoms with E-state index in [9.17, 15) is 14.4 Å². The molecule has 1 aromatic heterocycles. The minimum atomic E-state index is -0.191. The van der Waals surface area contributed by atoms with Crippen molar-refractivity contribution in [1.82, 2.24) is 9.88 Å². The number of aryl methyl sites for hydroxylation is 1. The van der Waals surface area contributed by atoms with Crippen molar-refractivity contribution < 1.29 is 14.4 Å². The molecule has 4 aliphatic rings. The largest absolute Gasteiger partial charge is 0.350 e. The number of nitrogens with one attached hydrogen (secondary N) is 1. The first-order chi connectivity index (χ1) is 14.6. The van der Waals surface area contributed by atoms with Crippen molar-refractivity contribution in [1.29, 1.82) is 0 Å². The molecule has 1 spiro atoms. The Hall–Kier alpha value is -3.47. The first-order valence-corrected chi connectivity index (χ1v) is 10.4. The number of ketones is 2. The maximum absolute atomic E-state index is 13.5. The minimum absolute atomic E-state index is 0.0309. The Morgan fingerprint density at radius 3 is 2.87 bits per heavy atom. The summed E-state index contributed by atoms with van der Waals surface area (Å²) in [5.41, 5.74) is 5.57. The summed E-state index contributed by atoms with van der Waals surface area (Å²) >= 11 is 0. The third-order valence-corrected chi connectivity index (χ3v) is 7.46. The Kier molecular flexibility index (Phi) is 2.81. The molecule has 1 aliphatic heterocycles. The van der Waals surface area contributed by atoms with Crippen LogP contribution in [0, 0.1) is 5.92 Å². The van der Waals surface area contributed by atoms with Crippen LogP contribution >= 0.6 is 0 Å². The molecule has 2 heterocycles. The summed E-state index contributed by atoms with van der Waals surface area (Å²) in [4.78, 5) is 43.6. The maximum Gasteiger partial charge on any atom is 0.274 e. The number of piperidine rings is 1. The van der Waals surface area contributed by atoms with E-state index in [4.69, 9.17) is 0 Å². The maximum atomic E-state index is 13.5. The average molecular weight is 394 g/mol. The van der Waals surface area contributed by atoms with Gasteiger partial charge in [0, 0.05) is 52.2 Å². The van der Waals surface area contributed by atoms with Gasteiger partial charge in [0.2, 0.25) is 0 Å². The van der Waals surface area contributed by atoms with Crippen LogP contribution < -0.4 is 0 Å². The number of rotatable bonds is 1. The van der Waals surface area contributed by atoms with Gasteiger partial charge in [0.15, 0.2) is 11.6 Å². The van der Waals surface area contributed by atoms with Crippen LogP contribution in [0.15, 0.2) is 54.2 Å². The van der Waals surface area contributed by atoms with Gasteiger partial charge in [0.25, 0.3) is 5.91 Å². The van der Waals surface area contributed by atoms with Crippen molar-refractivity contribution in [2.24, 2.45) is 5.92 Å². The summed E-state index contributed by atoms with van der Waals surface area (Å²) in [6.07, 6.45) is 3.95. The van der Waals surface area contributed by atoms with Crippen LogP contribution in [0.1, 0.15) is 55.2 Å². The number of H-pyrrole nitrogens is 1. The van der Waals surface area contributed by atoms with Gasteiger partial charge in [-0.05, 0) is 42.0 Å². The molecule has 1 N–H and O–H groups in total. The van der Waals surface area contributed by atoms with Gasteiger partial charge >= 0.3 is 0 Å². The Balaban J connectivity index is 1.32. The van der Waals surface area contributed by atoms with Crippen LogP contribution in [0.5, 0.6) is 0 Å². The first-order valence-electron chi connectivity index (χ1n) is 10.4. The lowest BCUT2D eigenvalue weighted by molar-refractivity contribution is 0.0806. The number of aromatic amines is 1. The predicted molar refractivity (Wildman–Crippen MR) is 111 cm³/mol. The molecule has 0 bridgehead atoms. The molecular formula is C25H18N2O3. The van der Waals surface area contributed by atoms with Crippen molar-refractivity contribution >= 4 is 28.4 Å². The quantitative estimate of drug-likeness (QED) is 0.683. The molecule has 1 saturated carbocycles. The van der Waals surface area contributed by atoms with Crippen LogP contribution in [0.3, 0.4) is 0 Å². The van der Waals surface area contributed by atoms with Crippen molar-refractivity contribution in [3.63, 3.8) is 0 Å². The second-order valence-electron chi connectivity index (χ2n) is 8.89. The van der Waals surface area contributed by atoms with E-state index in [-0.39, 0.29) is 22.9 Å². The molecule has 5 heteroatoms. The van der Waals surface area contributed by atoms with Crippen molar-refractivity contribution in [2.75, 3.05) is 6.54 Å². The second-order valence-corrected chi connectivity index (χ2v) is 8.89. The van der Waals surface area contributed by atoms with Crippen LogP contribution in [-0.2, 0) is 11.8 Å². The molecule has 1 unspecified atom stereocenters. The van der Waals surface area contributed by atoms with Crippen molar-refractivity contribution in [3.8, 4) is 0 Å². The smallest absolute Gasteiger partial charge is 0.274 e. The van der Waals surface area contributed by atoms with Gasteiger partial charge in [-0.3, -0.25) is 14.4 Å². The van der Waals surface area contributed by atoms with E-state index in [2.05, 4.69) is 4.98 Å². The third-order valence-electron chi connectivity index (χ3n) is 7.46. The number of Topliss-reactive ketones (excluding diaryl/α,β-unsaturated/α-hetero) is 1. The first kappa shape index (κ1) is 16.3. The molecule has 146 valence electrons. The fourth-order valence-corrected chi connectivity index (χ4v) is 6.00. The number of allylic oxidation sites excluding steroid dienone is 2. The number of nitrogens with zero attached hydrogens (tertiary/aromatic N) is 1. The standard InChI is InChI=1S/C25H18N2O3/c28-20-8-6-13-5-7-18-16(23(13)20)9-19(26-18)24(30)27-12-14-11-25(14)17-4-2-1-3-15(17)21(29)10-22(25)27/h1-5,7,9-10,14,26H,6,8,11-12H2/t14-,25?/m1/s1. The molecule has 0 radical (unpaired) electrons. The lowest BCUT2D eigenvalue weighted by Crippen LogP contribution is -2.33. The summed E-state index contributed by atoms with van der Waals surface area (Å²) in [5, 5.41) is 0.830. The van der Waals surface area contributed by atoms with E-state index in [1.807, 2.05) is 42.5 Å². The van der Waals surface area contributed by atoms with E-state index < -0.39 is 0 Å². The average Bonchev–Trinajstić information content (AvgIpc) is 3.05. The molecule has 3 aromatic rings. The van der Waals surface area contributed by atoms with E-state index >= 15 is 0 Å². The highest BCUT2D eigenvalue weighted by Crippen LogP contribution is 2.66. The fraction of sp³-hybridized carbons (Fsp3) is 0.240. The third kappa shape index (κ3) is 1.81. The Bertz CT molecular complexity index is 1380. The zero-order chi connectivity index (χ0) is 20.2. The summed E-state index contributed by atoms with van der Waals surface area (Å²) in [7, 11) is 0. The highest BCUT2D eigenvalue weighted by molar-refractivity contribution is 6.13. The highest BCUT2D eigenvalue weighted by atomic mass is 16.2. The number of fused-ring (bicyclic) bond motifs is 4. The Morgan fingerprint density at radius 1 is 1.10 bits per heavy atom. The monoisotopic (exact) mass is 394 g/mol. The summed E-state index contributed by atoms with van der Waals surface area (Å²) in [5.74, 6) is 0.344. The normalized spacial score (nSPS) is 25.7. The van der Waals surface area contributed by atoms with Crippen LogP contribution in [0.25, 0.3) is 10.9 Å². The molecule has 1 saturated heterocycles.